The molecule has 0 fully saturated rings. The number of aliphatic imine (C=N–C) groups is 2. The molecule has 5 rings (SSSR count). The van der Waals surface area contributed by atoms with Gasteiger partial charge in [-0.25, -0.2) is 4.99 Å². The van der Waals surface area contributed by atoms with E-state index in [1.165, 1.54) is 0 Å². The third kappa shape index (κ3) is 4.22. The highest BCUT2D eigenvalue weighted by atomic mass is 16.3. The van der Waals surface area contributed by atoms with Crippen LogP contribution in [0.3, 0.4) is 0 Å². The standard InChI is InChI=1S/C24H20N6O3/c25-30-15-20(27-14-22(30)28-23(29-30)21-2-1-13-33-21)17-5-7-18(8-6-17)24(32)26-12-11-16-3-9-19(31)10-4-16/h1-10,13-15H,11-12,25H2,(H-,26,31,32)/p+1. The quantitative estimate of drug-likeness (QED) is 0.402. The van der Waals surface area contributed by atoms with E-state index in [1.807, 2.05) is 24.3 Å². The molecule has 0 spiro atoms. The van der Waals surface area contributed by atoms with Gasteiger partial charge in [-0.2, -0.15) is 4.99 Å². The number of nitrogens with zero attached hydrogens (tertiary/aromatic N) is 4. The van der Waals surface area contributed by atoms with Gasteiger partial charge in [0.15, 0.2) is 12.0 Å². The van der Waals surface area contributed by atoms with E-state index >= 15 is 0 Å². The van der Waals surface area contributed by atoms with Crippen molar-refractivity contribution in [3.8, 4) is 5.75 Å². The van der Waals surface area contributed by atoms with Crippen molar-refractivity contribution in [2.24, 2.45) is 20.9 Å². The molecule has 1 unspecified atom stereocenters. The SMILES string of the molecule is N[N+]12C=C(c3ccc(C(=O)NCCc4ccc(O)cc4)cc3)N=CC1=NC(c1ccco1)=N2. The van der Waals surface area contributed by atoms with Crippen molar-refractivity contribution in [1.82, 2.24) is 5.32 Å². The Bertz CT molecular complexity index is 1310. The molecule has 1 atom stereocenters. The number of fused-ring (bicyclic) bond motifs is 1. The third-order valence-corrected chi connectivity index (χ3v) is 5.31. The zero-order chi connectivity index (χ0) is 22.8. The summed E-state index contributed by atoms with van der Waals surface area (Å²) < 4.78 is 5.00. The minimum absolute atomic E-state index is 0.162. The lowest BCUT2D eigenvalue weighted by Crippen LogP contribution is -2.50. The van der Waals surface area contributed by atoms with Crippen molar-refractivity contribution in [1.29, 1.82) is 0 Å². The zero-order valence-corrected chi connectivity index (χ0v) is 17.5. The van der Waals surface area contributed by atoms with Gasteiger partial charge in [-0.15, -0.1) is 5.84 Å². The molecule has 0 bridgehead atoms. The topological polar surface area (TPSA) is 126 Å². The minimum atomic E-state index is -0.353. The lowest BCUT2D eigenvalue weighted by Gasteiger charge is -2.19. The molecule has 33 heavy (non-hydrogen) atoms. The summed E-state index contributed by atoms with van der Waals surface area (Å²) in [7, 11) is 0. The number of quaternary nitrogens is 1. The molecule has 1 amide bonds. The fourth-order valence-electron chi connectivity index (χ4n) is 3.52. The van der Waals surface area contributed by atoms with Gasteiger partial charge in [0.1, 0.15) is 17.7 Å². The molecule has 0 aliphatic carbocycles. The Hall–Kier alpha value is -4.34. The van der Waals surface area contributed by atoms with Gasteiger partial charge < -0.3 is 14.8 Å². The van der Waals surface area contributed by atoms with Crippen LogP contribution in [-0.4, -0.2) is 40.1 Å². The summed E-state index contributed by atoms with van der Waals surface area (Å²) >= 11 is 0. The first kappa shape index (κ1) is 20.6. The molecule has 2 aromatic carbocycles. The van der Waals surface area contributed by atoms with E-state index < -0.39 is 0 Å². The number of carbonyl (C=O) groups is 1. The summed E-state index contributed by atoms with van der Waals surface area (Å²) in [6, 6.07) is 17.6. The van der Waals surface area contributed by atoms with Crippen LogP contribution in [0.5, 0.6) is 5.75 Å². The number of benzene rings is 2. The van der Waals surface area contributed by atoms with Gasteiger partial charge in [0, 0.05) is 17.7 Å². The Labute approximate surface area is 189 Å². The molecule has 2 aliphatic rings. The Balaban J connectivity index is 1.25. The molecular weight excluding hydrogens is 420 g/mol. The van der Waals surface area contributed by atoms with E-state index in [1.54, 1.807) is 55.1 Å². The fourth-order valence-corrected chi connectivity index (χ4v) is 3.52. The fraction of sp³-hybridized carbons (Fsp3) is 0.0833. The molecular formula is C24H21N6O3+. The first-order chi connectivity index (χ1) is 16.0. The Morgan fingerprint density at radius 3 is 2.61 bits per heavy atom. The number of nitrogens with one attached hydrogen (secondary N) is 1. The second kappa shape index (κ2) is 8.30. The highest BCUT2D eigenvalue weighted by Gasteiger charge is 2.40. The zero-order valence-electron chi connectivity index (χ0n) is 17.5. The Morgan fingerprint density at radius 2 is 1.88 bits per heavy atom. The van der Waals surface area contributed by atoms with Crippen LogP contribution in [0.1, 0.15) is 27.2 Å². The van der Waals surface area contributed by atoms with Crippen molar-refractivity contribution < 1.29 is 19.0 Å². The third-order valence-electron chi connectivity index (χ3n) is 5.31. The number of hydrogen-bond donors (Lipinski definition) is 3. The van der Waals surface area contributed by atoms with Crippen LogP contribution in [0, 0.1) is 0 Å². The maximum atomic E-state index is 12.5. The van der Waals surface area contributed by atoms with Crippen LogP contribution in [0.15, 0.2) is 92.6 Å². The molecule has 3 aromatic rings. The van der Waals surface area contributed by atoms with Gasteiger partial charge in [0.2, 0.25) is 0 Å². The van der Waals surface area contributed by atoms with E-state index in [2.05, 4.69) is 20.4 Å². The number of rotatable bonds is 6. The van der Waals surface area contributed by atoms with Crippen LogP contribution >= 0.6 is 0 Å². The molecule has 3 heterocycles. The Morgan fingerprint density at radius 1 is 1.09 bits per heavy atom. The minimum Gasteiger partial charge on any atom is -0.508 e. The maximum absolute atomic E-state index is 12.5. The van der Waals surface area contributed by atoms with Crippen LogP contribution in [0.2, 0.25) is 0 Å². The molecule has 9 nitrogen and oxygen atoms in total. The predicted octanol–water partition coefficient (Wildman–Crippen LogP) is 2.80. The first-order valence-corrected chi connectivity index (χ1v) is 10.3. The molecule has 1 aromatic heterocycles. The highest BCUT2D eigenvalue weighted by Crippen LogP contribution is 2.26. The van der Waals surface area contributed by atoms with Gasteiger partial charge in [-0.05, 0) is 58.2 Å². The number of phenols is 1. The van der Waals surface area contributed by atoms with Gasteiger partial charge in [0.25, 0.3) is 17.6 Å². The second-order valence-corrected chi connectivity index (χ2v) is 7.63. The predicted molar refractivity (Wildman–Crippen MR) is 124 cm³/mol. The van der Waals surface area contributed by atoms with E-state index in [0.29, 0.717) is 41.7 Å². The van der Waals surface area contributed by atoms with Crippen LogP contribution in [-0.2, 0) is 6.42 Å². The normalized spacial score (nSPS) is 18.9. The van der Waals surface area contributed by atoms with Gasteiger partial charge in [-0.3, -0.25) is 4.79 Å². The molecule has 9 heteroatoms. The van der Waals surface area contributed by atoms with Gasteiger partial charge >= 0.3 is 0 Å². The number of carbonyl (C=O) groups excluding carboxylic acids is 1. The number of aromatic hydroxyl groups is 1. The number of amides is 1. The van der Waals surface area contributed by atoms with E-state index in [-0.39, 0.29) is 16.4 Å². The van der Waals surface area contributed by atoms with Crippen LogP contribution < -0.4 is 11.2 Å². The average molecular weight is 441 g/mol. The summed E-state index contributed by atoms with van der Waals surface area (Å²) in [6.45, 7) is 0.492. The summed E-state index contributed by atoms with van der Waals surface area (Å²) in [6.07, 6.45) is 5.50. The number of hydrogen-bond acceptors (Lipinski definition) is 7. The van der Waals surface area contributed by atoms with Crippen molar-refractivity contribution >= 4 is 29.5 Å². The van der Waals surface area contributed by atoms with Crippen molar-refractivity contribution in [3.05, 3.63) is 95.6 Å². The summed E-state index contributed by atoms with van der Waals surface area (Å²) in [4.78, 5) is 21.3. The molecule has 164 valence electrons. The highest BCUT2D eigenvalue weighted by molar-refractivity contribution is 6.32. The van der Waals surface area contributed by atoms with E-state index in [4.69, 9.17) is 10.3 Å². The van der Waals surface area contributed by atoms with Crippen molar-refractivity contribution in [2.45, 2.75) is 6.42 Å². The first-order valence-electron chi connectivity index (χ1n) is 10.3. The number of furan rings is 1. The van der Waals surface area contributed by atoms with Crippen LogP contribution in [0.4, 0.5) is 0 Å². The monoisotopic (exact) mass is 441 g/mol. The molecule has 0 radical (unpaired) electrons. The van der Waals surface area contributed by atoms with E-state index in [0.717, 1.165) is 11.1 Å². The van der Waals surface area contributed by atoms with E-state index in [9.17, 15) is 9.90 Å². The van der Waals surface area contributed by atoms with Crippen LogP contribution in [0.25, 0.3) is 5.70 Å². The Kier molecular flexibility index (Phi) is 5.17. The lowest BCUT2D eigenvalue weighted by molar-refractivity contribution is -0.802. The largest absolute Gasteiger partial charge is 0.508 e. The molecule has 4 N–H and O–H groups in total. The summed E-state index contributed by atoms with van der Waals surface area (Å²) in [5.74, 6) is 7.89. The smallest absolute Gasteiger partial charge is 0.300 e. The average Bonchev–Trinajstić information content (AvgIpc) is 3.47. The number of nitrogens with two attached hydrogens (primary N) is 1. The number of amidine groups is 2. The van der Waals surface area contributed by atoms with Gasteiger partial charge in [0.05, 0.1) is 6.26 Å². The molecule has 0 saturated carbocycles. The summed E-state index contributed by atoms with van der Waals surface area (Å²) in [5, 5.41) is 16.7. The van der Waals surface area contributed by atoms with Crippen molar-refractivity contribution in [3.63, 3.8) is 0 Å². The number of phenolic OH excluding ortho intramolecular Hbond substituents is 1. The van der Waals surface area contributed by atoms with Crippen molar-refractivity contribution in [2.75, 3.05) is 6.54 Å². The lowest BCUT2D eigenvalue weighted by atomic mass is 10.1. The molecule has 0 saturated heterocycles. The molecule has 2 aliphatic heterocycles. The maximum Gasteiger partial charge on any atom is 0.300 e. The second-order valence-electron chi connectivity index (χ2n) is 7.63. The summed E-state index contributed by atoms with van der Waals surface area (Å²) in [5.41, 5.74) is 3.01. The van der Waals surface area contributed by atoms with Gasteiger partial charge in [-0.1, -0.05) is 24.3 Å².